The van der Waals surface area contributed by atoms with Crippen molar-refractivity contribution < 1.29 is 19.4 Å². The first-order valence-electron chi connectivity index (χ1n) is 15.6. The Morgan fingerprint density at radius 3 is 2.35 bits per heavy atom. The number of ether oxygens (including phenoxy) is 1. The lowest BCUT2D eigenvalue weighted by molar-refractivity contribution is 0.0696. The fourth-order valence-corrected chi connectivity index (χ4v) is 9.50. The van der Waals surface area contributed by atoms with Gasteiger partial charge in [0, 0.05) is 38.0 Å². The lowest BCUT2D eigenvalue weighted by Crippen LogP contribution is -2.63. The normalized spacial score (nSPS) is 12.9. The number of nitrogen functional groups attached to an aromatic ring is 1. The van der Waals surface area contributed by atoms with Crippen LogP contribution in [0, 0.1) is 0 Å². The zero-order chi connectivity index (χ0) is 35.0. The van der Waals surface area contributed by atoms with E-state index in [1.54, 1.807) is 12.1 Å². The highest BCUT2D eigenvalue weighted by Crippen LogP contribution is 2.30. The molecule has 0 aliphatic carbocycles. The summed E-state index contributed by atoms with van der Waals surface area (Å²) in [7, 11) is 1.80. The average molecular weight is 690 g/mol. The van der Waals surface area contributed by atoms with Crippen LogP contribution in [0.4, 0.5) is 11.6 Å². The number of rotatable bonds is 9. The summed E-state index contributed by atoms with van der Waals surface area (Å²) >= 11 is 5.92. The first kappa shape index (κ1) is 33.4. The molecule has 1 amide bonds. The van der Waals surface area contributed by atoms with Gasteiger partial charge in [-0.05, 0) is 79.0 Å². The number of benzene rings is 4. The molecule has 0 fully saturated rings. The molecule has 2 heterocycles. The number of amides is 1. The van der Waals surface area contributed by atoms with E-state index in [2.05, 4.69) is 64.1 Å². The number of nitrogens with zero attached hydrogens (tertiary/aromatic N) is 3. The number of carboxylic acids is 1. The summed E-state index contributed by atoms with van der Waals surface area (Å²) in [5.41, 5.74) is 11.3. The van der Waals surface area contributed by atoms with Gasteiger partial charge < -0.3 is 25.8 Å². The van der Waals surface area contributed by atoms with E-state index in [4.69, 9.17) is 22.1 Å². The quantitative estimate of drug-likeness (QED) is 0.158. The van der Waals surface area contributed by atoms with Crippen LogP contribution in [0.1, 0.15) is 43.0 Å². The van der Waals surface area contributed by atoms with Crippen LogP contribution in [0.3, 0.4) is 0 Å². The molecule has 0 radical (unpaired) electrons. The van der Waals surface area contributed by atoms with E-state index in [-0.39, 0.29) is 41.6 Å². The number of nitrogens with two attached hydrogens (primary N) is 1. The van der Waals surface area contributed by atoms with Crippen molar-refractivity contribution >= 4 is 65.7 Å². The van der Waals surface area contributed by atoms with Gasteiger partial charge in [-0.2, -0.15) is 4.98 Å². The van der Waals surface area contributed by atoms with E-state index in [0.717, 1.165) is 38.4 Å². The van der Waals surface area contributed by atoms with Gasteiger partial charge in [0.1, 0.15) is 19.8 Å². The highest BCUT2D eigenvalue weighted by Gasteiger charge is 2.36. The van der Waals surface area contributed by atoms with Gasteiger partial charge >= 0.3 is 5.97 Å². The number of fused-ring (bicyclic) bond motifs is 2. The molecule has 0 unspecified atom stereocenters. The zero-order valence-corrected chi connectivity index (χ0v) is 29.4. The lowest BCUT2D eigenvalue weighted by Gasteiger charge is -2.34. The van der Waals surface area contributed by atoms with Gasteiger partial charge in [0.25, 0.3) is 5.91 Å². The Hall–Kier alpha value is -5.45. The summed E-state index contributed by atoms with van der Waals surface area (Å²) in [6, 6.07) is 26.3. The first-order chi connectivity index (χ1) is 23.3. The number of hydrogen-bond acceptors (Lipinski definition) is 7. The number of halogens is 1. The van der Waals surface area contributed by atoms with E-state index in [9.17, 15) is 14.7 Å². The smallest absolute Gasteiger partial charge is 0.336 e. The summed E-state index contributed by atoms with van der Waals surface area (Å²) < 4.78 is 5.68. The molecule has 0 atom stereocenters. The van der Waals surface area contributed by atoms with Gasteiger partial charge in [0.05, 0.1) is 5.56 Å². The van der Waals surface area contributed by atoms with Crippen LogP contribution in [0.15, 0.2) is 84.9 Å². The molecular formula is C38H36ClN5O4Si. The van der Waals surface area contributed by atoms with Crippen molar-refractivity contribution in [2.24, 2.45) is 0 Å². The molecule has 0 saturated carbocycles. The Balaban J connectivity index is 1.31. The average Bonchev–Trinajstić information content (AvgIpc) is 3.06. The molecule has 6 rings (SSSR count). The van der Waals surface area contributed by atoms with Gasteiger partial charge in [-0.1, -0.05) is 79.8 Å². The third kappa shape index (κ3) is 6.78. The second-order valence-corrected chi connectivity index (χ2v) is 17.5. The van der Waals surface area contributed by atoms with Crippen molar-refractivity contribution in [1.82, 2.24) is 15.3 Å². The number of hydrogen-bond donors (Lipinski definition) is 3. The first-order valence-corrected chi connectivity index (χ1v) is 19.0. The SMILES string of the molecule is C=c1ccc2c(c1)[Si](C)(C)c1cc(N(C)C)ccc1C=2c1cc(C(=O)NCc2ccc(COc3cc(Cl)nc(N)n3)cc2)ccc1C(=O)O. The Labute approximate surface area is 290 Å². The largest absolute Gasteiger partial charge is 0.478 e. The molecule has 5 aromatic rings. The summed E-state index contributed by atoms with van der Waals surface area (Å²) in [6.07, 6.45) is 0. The summed E-state index contributed by atoms with van der Waals surface area (Å²) in [6.45, 7) is 9.34. The molecule has 1 aliphatic heterocycles. The maximum absolute atomic E-state index is 13.5. The van der Waals surface area contributed by atoms with Crippen LogP contribution in [-0.4, -0.2) is 49.1 Å². The number of carboxylic acid groups (broad SMARTS) is 1. The van der Waals surface area contributed by atoms with E-state index in [1.165, 1.54) is 22.5 Å². The van der Waals surface area contributed by atoms with E-state index >= 15 is 0 Å². The van der Waals surface area contributed by atoms with E-state index < -0.39 is 14.0 Å². The number of nitrogens with one attached hydrogen (secondary N) is 1. The van der Waals surface area contributed by atoms with Crippen LogP contribution >= 0.6 is 11.6 Å². The topological polar surface area (TPSA) is 131 Å². The number of anilines is 2. The van der Waals surface area contributed by atoms with Crippen LogP contribution < -0.4 is 41.5 Å². The third-order valence-electron chi connectivity index (χ3n) is 8.82. The van der Waals surface area contributed by atoms with Gasteiger partial charge in [-0.25, -0.2) is 9.78 Å². The highest BCUT2D eigenvalue weighted by molar-refractivity contribution is 7.01. The van der Waals surface area contributed by atoms with Gasteiger partial charge in [-0.15, -0.1) is 0 Å². The lowest BCUT2D eigenvalue weighted by atomic mass is 9.89. The molecule has 9 nitrogen and oxygen atoms in total. The van der Waals surface area contributed by atoms with Crippen molar-refractivity contribution in [3.8, 4) is 5.88 Å². The molecular weight excluding hydrogens is 654 g/mol. The van der Waals surface area contributed by atoms with Crippen molar-refractivity contribution in [1.29, 1.82) is 0 Å². The minimum atomic E-state index is -2.21. The third-order valence-corrected chi connectivity index (χ3v) is 12.5. The second kappa shape index (κ2) is 13.2. The fourth-order valence-electron chi connectivity index (χ4n) is 6.21. The van der Waals surface area contributed by atoms with Gasteiger partial charge in [0.15, 0.2) is 0 Å². The maximum Gasteiger partial charge on any atom is 0.336 e. The van der Waals surface area contributed by atoms with E-state index in [0.29, 0.717) is 11.1 Å². The van der Waals surface area contributed by atoms with Crippen LogP contribution in [0.25, 0.3) is 12.2 Å². The van der Waals surface area contributed by atoms with Gasteiger partial charge in [-0.3, -0.25) is 4.79 Å². The predicted octanol–water partition coefficient (Wildman–Crippen LogP) is 3.78. The zero-order valence-electron chi connectivity index (χ0n) is 27.7. The van der Waals surface area contributed by atoms with Crippen molar-refractivity contribution in [3.05, 3.63) is 134 Å². The molecule has 0 spiro atoms. The molecule has 11 heteroatoms. The number of carbonyl (C=O) groups excluding carboxylic acids is 1. The number of aromatic carboxylic acids is 1. The molecule has 248 valence electrons. The fraction of sp³-hybridized carbons (Fsp3) is 0.158. The maximum atomic E-state index is 13.5. The van der Waals surface area contributed by atoms with Crippen molar-refractivity contribution in [2.75, 3.05) is 24.7 Å². The van der Waals surface area contributed by atoms with Crippen LogP contribution in [0.2, 0.25) is 18.2 Å². The predicted molar refractivity (Wildman–Crippen MR) is 197 cm³/mol. The minimum absolute atomic E-state index is 0.0297. The van der Waals surface area contributed by atoms with Gasteiger partial charge in [0.2, 0.25) is 11.8 Å². The molecule has 4 aromatic carbocycles. The Kier molecular flexibility index (Phi) is 9.02. The van der Waals surface area contributed by atoms with Crippen molar-refractivity contribution in [3.63, 3.8) is 0 Å². The molecule has 4 N–H and O–H groups in total. The standard InChI is InChI=1S/C38H36ClN5O4Si/c1-22-6-13-28-31(16-22)49(4,5)32-18-26(44(2)3)12-15-29(32)35(28)30-17-25(11-14-27(30)37(46)47)36(45)41-20-23-7-9-24(10-8-23)21-48-34-19-33(39)42-38(40)43-34/h6-19H,1,20-21H2,2-5H3,(H,41,45)(H,46,47)(H2,40,42,43). The molecule has 0 bridgehead atoms. The Morgan fingerprint density at radius 1 is 0.918 bits per heavy atom. The Bertz CT molecular complexity index is 2220. The highest BCUT2D eigenvalue weighted by atomic mass is 35.5. The molecule has 1 aromatic heterocycles. The summed E-state index contributed by atoms with van der Waals surface area (Å²) in [4.78, 5) is 36.1. The van der Waals surface area contributed by atoms with Crippen molar-refractivity contribution in [2.45, 2.75) is 26.2 Å². The minimum Gasteiger partial charge on any atom is -0.478 e. The summed E-state index contributed by atoms with van der Waals surface area (Å²) in [5, 5.41) is 17.8. The van der Waals surface area contributed by atoms with Crippen LogP contribution in [-0.2, 0) is 13.2 Å². The molecule has 1 aliphatic rings. The summed E-state index contributed by atoms with van der Waals surface area (Å²) in [5.74, 6) is -1.07. The van der Waals surface area contributed by atoms with E-state index in [1.807, 2.05) is 50.5 Å². The number of aromatic nitrogens is 2. The second-order valence-electron chi connectivity index (χ2n) is 12.7. The molecule has 49 heavy (non-hydrogen) atoms. The monoisotopic (exact) mass is 689 g/mol. The number of carbonyl (C=O) groups is 2. The molecule has 0 saturated heterocycles. The van der Waals surface area contributed by atoms with Crippen LogP contribution in [0.5, 0.6) is 5.88 Å². The Morgan fingerprint density at radius 2 is 1.65 bits per heavy atom.